The first-order valence-electron chi connectivity index (χ1n) is 9.41. The Bertz CT molecular complexity index is 881. The Hall–Kier alpha value is -2.54. The van der Waals surface area contributed by atoms with Crippen LogP contribution in [0.1, 0.15) is 24.5 Å². The van der Waals surface area contributed by atoms with Crippen molar-refractivity contribution < 1.29 is 13.2 Å². The molecule has 2 aromatic rings. The number of nitrogens with zero attached hydrogens (tertiary/aromatic N) is 1. The number of rotatable bonds is 9. The number of aliphatic imine (C=N–C) groups is 1. The second kappa shape index (κ2) is 10.7. The smallest absolute Gasteiger partial charge is 0.191 e. The number of hydrogen-bond donors (Lipinski definition) is 2. The van der Waals surface area contributed by atoms with Gasteiger partial charge in [-0.3, -0.25) is 4.99 Å². The highest BCUT2D eigenvalue weighted by Crippen LogP contribution is 2.20. The van der Waals surface area contributed by atoms with Crippen molar-refractivity contribution >= 4 is 15.8 Å². The van der Waals surface area contributed by atoms with Crippen molar-refractivity contribution in [1.29, 1.82) is 0 Å². The molecule has 0 aliphatic rings. The van der Waals surface area contributed by atoms with Gasteiger partial charge in [-0.15, -0.1) is 0 Å². The summed E-state index contributed by atoms with van der Waals surface area (Å²) in [6.45, 7) is 5.57. The zero-order valence-corrected chi connectivity index (χ0v) is 17.6. The molecule has 0 aliphatic carbocycles. The summed E-state index contributed by atoms with van der Waals surface area (Å²) in [6, 6.07) is 14.6. The first-order chi connectivity index (χ1) is 13.5. The average molecular weight is 404 g/mol. The summed E-state index contributed by atoms with van der Waals surface area (Å²) in [5.74, 6) is 1.40. The molecule has 0 spiro atoms. The minimum atomic E-state index is -3.32. The number of guanidine groups is 1. The maximum atomic E-state index is 12.3. The summed E-state index contributed by atoms with van der Waals surface area (Å²) >= 11 is 0. The molecule has 0 radical (unpaired) electrons. The maximum Gasteiger partial charge on any atom is 0.191 e. The average Bonchev–Trinajstić information content (AvgIpc) is 2.70. The quantitative estimate of drug-likeness (QED) is 0.497. The summed E-state index contributed by atoms with van der Waals surface area (Å²) < 4.78 is 30.5. The van der Waals surface area contributed by atoms with E-state index in [1.54, 1.807) is 37.4 Å². The predicted octanol–water partition coefficient (Wildman–Crippen LogP) is 2.92. The molecular formula is C21H29N3O3S. The SMILES string of the molecule is CCCOc1cc(C)ccc1CNC(=NC)NCCS(=O)(=O)c1ccccc1. The van der Waals surface area contributed by atoms with Gasteiger partial charge in [0.15, 0.2) is 15.8 Å². The highest BCUT2D eigenvalue weighted by Gasteiger charge is 2.13. The lowest BCUT2D eigenvalue weighted by Crippen LogP contribution is -2.39. The van der Waals surface area contributed by atoms with Gasteiger partial charge in [-0.25, -0.2) is 8.42 Å². The van der Waals surface area contributed by atoms with Crippen LogP contribution in [-0.2, 0) is 16.4 Å². The van der Waals surface area contributed by atoms with Gasteiger partial charge in [0.2, 0.25) is 0 Å². The van der Waals surface area contributed by atoms with Crippen LogP contribution < -0.4 is 15.4 Å². The normalized spacial score (nSPS) is 11.9. The lowest BCUT2D eigenvalue weighted by Gasteiger charge is -2.15. The number of nitrogens with one attached hydrogen (secondary N) is 2. The molecule has 0 amide bonds. The molecular weight excluding hydrogens is 374 g/mol. The molecule has 0 unspecified atom stereocenters. The Labute approximate surface area is 168 Å². The third-order valence-corrected chi connectivity index (χ3v) is 5.85. The van der Waals surface area contributed by atoms with Crippen molar-refractivity contribution in [2.75, 3.05) is 26.0 Å². The van der Waals surface area contributed by atoms with Crippen LogP contribution in [-0.4, -0.2) is 40.3 Å². The van der Waals surface area contributed by atoms with Crippen molar-refractivity contribution in [2.24, 2.45) is 4.99 Å². The van der Waals surface area contributed by atoms with E-state index in [9.17, 15) is 8.42 Å². The van der Waals surface area contributed by atoms with Crippen molar-refractivity contribution in [2.45, 2.75) is 31.7 Å². The van der Waals surface area contributed by atoms with Crippen LogP contribution in [0.5, 0.6) is 5.75 Å². The second-order valence-electron chi connectivity index (χ2n) is 6.44. The number of ether oxygens (including phenoxy) is 1. The van der Waals surface area contributed by atoms with Crippen LogP contribution in [0.4, 0.5) is 0 Å². The third-order valence-electron chi connectivity index (χ3n) is 4.12. The van der Waals surface area contributed by atoms with Crippen LogP contribution in [0.2, 0.25) is 0 Å². The Balaban J connectivity index is 1.90. The van der Waals surface area contributed by atoms with Crippen LogP contribution in [0.15, 0.2) is 58.4 Å². The van der Waals surface area contributed by atoms with Gasteiger partial charge >= 0.3 is 0 Å². The van der Waals surface area contributed by atoms with E-state index in [2.05, 4.69) is 22.5 Å². The zero-order chi connectivity index (χ0) is 20.4. The predicted molar refractivity (Wildman–Crippen MR) is 114 cm³/mol. The fourth-order valence-electron chi connectivity index (χ4n) is 2.60. The molecule has 2 aromatic carbocycles. The van der Waals surface area contributed by atoms with Gasteiger partial charge in [-0.2, -0.15) is 0 Å². The topological polar surface area (TPSA) is 79.8 Å². The molecule has 0 saturated heterocycles. The molecule has 0 fully saturated rings. The summed E-state index contributed by atoms with van der Waals surface area (Å²) in [6.07, 6.45) is 0.944. The van der Waals surface area contributed by atoms with Crippen LogP contribution in [0.25, 0.3) is 0 Å². The second-order valence-corrected chi connectivity index (χ2v) is 8.55. The Morgan fingerprint density at radius 1 is 1.11 bits per heavy atom. The van der Waals surface area contributed by atoms with Gasteiger partial charge in [0.25, 0.3) is 0 Å². The van der Waals surface area contributed by atoms with Gasteiger partial charge in [-0.1, -0.05) is 37.3 Å². The molecule has 6 nitrogen and oxygen atoms in total. The van der Waals surface area contributed by atoms with E-state index in [1.165, 1.54) is 0 Å². The molecule has 0 bridgehead atoms. The molecule has 0 heterocycles. The first-order valence-corrected chi connectivity index (χ1v) is 11.1. The minimum Gasteiger partial charge on any atom is -0.493 e. The van der Waals surface area contributed by atoms with E-state index in [0.717, 1.165) is 23.3 Å². The molecule has 7 heteroatoms. The monoisotopic (exact) mass is 403 g/mol. The summed E-state index contributed by atoms with van der Waals surface area (Å²) in [5.41, 5.74) is 2.17. The molecule has 0 saturated carbocycles. The highest BCUT2D eigenvalue weighted by molar-refractivity contribution is 7.91. The molecule has 28 heavy (non-hydrogen) atoms. The largest absolute Gasteiger partial charge is 0.493 e. The van der Waals surface area contributed by atoms with E-state index in [1.807, 2.05) is 25.1 Å². The van der Waals surface area contributed by atoms with Crippen molar-refractivity contribution in [1.82, 2.24) is 10.6 Å². The minimum absolute atomic E-state index is 0.00684. The Kier molecular flexibility index (Phi) is 8.32. The standard InChI is InChI=1S/C21H29N3O3S/c1-4-13-27-20-15-17(2)10-11-18(20)16-24-21(22-3)23-12-14-28(25,26)19-8-6-5-7-9-19/h5-11,15H,4,12-14,16H2,1-3H3,(H2,22,23,24). The van der Waals surface area contributed by atoms with Crippen LogP contribution >= 0.6 is 0 Å². The first kappa shape index (κ1) is 21.8. The van der Waals surface area contributed by atoms with Crippen molar-refractivity contribution in [3.8, 4) is 5.75 Å². The summed E-state index contributed by atoms with van der Waals surface area (Å²) in [5, 5.41) is 6.27. The zero-order valence-electron chi connectivity index (χ0n) is 16.7. The molecule has 2 rings (SSSR count). The molecule has 2 N–H and O–H groups in total. The number of sulfone groups is 1. The van der Waals surface area contributed by atoms with Crippen molar-refractivity contribution in [3.05, 3.63) is 59.7 Å². The maximum absolute atomic E-state index is 12.3. The Morgan fingerprint density at radius 3 is 2.54 bits per heavy atom. The molecule has 0 atom stereocenters. The van der Waals surface area contributed by atoms with Crippen LogP contribution in [0, 0.1) is 6.92 Å². The van der Waals surface area contributed by atoms with Gasteiger partial charge in [0.05, 0.1) is 17.3 Å². The van der Waals surface area contributed by atoms with Gasteiger partial charge in [0.1, 0.15) is 5.75 Å². The van der Waals surface area contributed by atoms with Gasteiger partial charge in [-0.05, 0) is 37.1 Å². The van der Waals surface area contributed by atoms with Gasteiger partial charge < -0.3 is 15.4 Å². The lowest BCUT2D eigenvalue weighted by molar-refractivity contribution is 0.313. The van der Waals surface area contributed by atoms with Gasteiger partial charge in [0, 0.05) is 25.7 Å². The van der Waals surface area contributed by atoms with Crippen molar-refractivity contribution in [3.63, 3.8) is 0 Å². The number of benzene rings is 2. The van der Waals surface area contributed by atoms with E-state index >= 15 is 0 Å². The fourth-order valence-corrected chi connectivity index (χ4v) is 3.78. The van der Waals surface area contributed by atoms with E-state index in [-0.39, 0.29) is 12.3 Å². The molecule has 0 aliphatic heterocycles. The fraction of sp³-hybridized carbons (Fsp3) is 0.381. The number of hydrogen-bond acceptors (Lipinski definition) is 4. The lowest BCUT2D eigenvalue weighted by atomic mass is 10.1. The molecule has 152 valence electrons. The summed E-state index contributed by atoms with van der Waals surface area (Å²) in [4.78, 5) is 4.49. The van der Waals surface area contributed by atoms with E-state index in [4.69, 9.17) is 4.74 Å². The van der Waals surface area contributed by atoms with Crippen LogP contribution in [0.3, 0.4) is 0 Å². The highest BCUT2D eigenvalue weighted by atomic mass is 32.2. The third kappa shape index (κ3) is 6.56. The summed E-state index contributed by atoms with van der Waals surface area (Å²) in [7, 11) is -1.66. The number of aryl methyl sites for hydroxylation is 1. The van der Waals surface area contributed by atoms with E-state index in [0.29, 0.717) is 24.0 Å². The van der Waals surface area contributed by atoms with E-state index < -0.39 is 9.84 Å². The Morgan fingerprint density at radius 2 is 1.86 bits per heavy atom. The molecule has 0 aromatic heterocycles.